The van der Waals surface area contributed by atoms with Crippen molar-refractivity contribution >= 4 is 17.6 Å². The molecule has 4 bridgehead atoms. The molecule has 1 heterocycles. The highest BCUT2D eigenvalue weighted by Crippen LogP contribution is 2.55. The van der Waals surface area contributed by atoms with Gasteiger partial charge in [-0.3, -0.25) is 14.9 Å². The average Bonchev–Trinajstić information content (AvgIpc) is 2.69. The Balaban J connectivity index is 1.25. The van der Waals surface area contributed by atoms with Gasteiger partial charge in [0.15, 0.2) is 18.1 Å². The lowest BCUT2D eigenvalue weighted by Gasteiger charge is -2.56. The number of nitro benzene ring substituents is 1. The van der Waals surface area contributed by atoms with E-state index in [0.717, 1.165) is 25.3 Å². The minimum absolute atomic E-state index is 0.179. The number of ether oxygens (including phenoxy) is 3. The number of carbonyl (C=O) groups is 2. The standard InChI is InChI=1S/C21H24N2O7/c24-19(22-21-8-12-3-13(9-21)5-14(4-12)10-21)11-30-20(25)15-6-17-18(29-2-1-28-17)7-16(15)23(26)27/h6-7,12-14H,1-5,8-11H2,(H,22,24). The molecule has 160 valence electrons. The summed E-state index contributed by atoms with van der Waals surface area (Å²) in [7, 11) is 0. The van der Waals surface area contributed by atoms with E-state index < -0.39 is 23.2 Å². The van der Waals surface area contributed by atoms with Gasteiger partial charge in [-0.15, -0.1) is 0 Å². The van der Waals surface area contributed by atoms with E-state index in [2.05, 4.69) is 5.32 Å². The van der Waals surface area contributed by atoms with Gasteiger partial charge in [-0.1, -0.05) is 0 Å². The molecule has 0 atom stereocenters. The molecule has 9 heteroatoms. The van der Waals surface area contributed by atoms with Crippen LogP contribution in [0, 0.1) is 27.9 Å². The molecule has 0 aromatic heterocycles. The van der Waals surface area contributed by atoms with Gasteiger partial charge in [0.2, 0.25) is 0 Å². The Labute approximate surface area is 173 Å². The third-order valence-corrected chi connectivity index (χ3v) is 6.85. The summed E-state index contributed by atoms with van der Waals surface area (Å²) in [6.07, 6.45) is 6.76. The van der Waals surface area contributed by atoms with Gasteiger partial charge < -0.3 is 19.5 Å². The van der Waals surface area contributed by atoms with Crippen LogP contribution in [-0.2, 0) is 9.53 Å². The van der Waals surface area contributed by atoms with Crippen LogP contribution in [0.1, 0.15) is 48.9 Å². The first-order valence-corrected chi connectivity index (χ1v) is 10.5. The van der Waals surface area contributed by atoms with Crippen molar-refractivity contribution in [2.45, 2.75) is 44.1 Å². The lowest BCUT2D eigenvalue weighted by Crippen LogP contribution is -2.60. The fourth-order valence-electron chi connectivity index (χ4n) is 6.20. The maximum atomic E-state index is 12.5. The molecule has 1 aliphatic heterocycles. The van der Waals surface area contributed by atoms with Crippen LogP contribution >= 0.6 is 0 Å². The summed E-state index contributed by atoms with van der Waals surface area (Å²) >= 11 is 0. The molecule has 0 saturated heterocycles. The summed E-state index contributed by atoms with van der Waals surface area (Å²) in [5.74, 6) is 1.21. The van der Waals surface area contributed by atoms with Gasteiger partial charge in [0.25, 0.3) is 11.6 Å². The maximum absolute atomic E-state index is 12.5. The first-order chi connectivity index (χ1) is 14.4. The van der Waals surface area contributed by atoms with Gasteiger partial charge in [-0.05, 0) is 56.3 Å². The highest BCUT2D eigenvalue weighted by Gasteiger charge is 2.51. The SMILES string of the molecule is O=C(COC(=O)c1cc2c(cc1[N+](=O)[O-])OCCO2)NC12CC3CC(CC(C3)C1)C2. The van der Waals surface area contributed by atoms with Crippen LogP contribution in [0.3, 0.4) is 0 Å². The molecule has 9 nitrogen and oxygen atoms in total. The second kappa shape index (κ2) is 7.14. The molecule has 4 saturated carbocycles. The number of rotatable bonds is 5. The third-order valence-electron chi connectivity index (χ3n) is 6.85. The van der Waals surface area contributed by atoms with Gasteiger partial charge in [-0.2, -0.15) is 0 Å². The summed E-state index contributed by atoms with van der Waals surface area (Å²) in [5, 5.41) is 14.5. The van der Waals surface area contributed by atoms with E-state index in [1.165, 1.54) is 25.3 Å². The molecule has 0 radical (unpaired) electrons. The topological polar surface area (TPSA) is 117 Å². The normalized spacial score (nSPS) is 30.6. The zero-order chi connectivity index (χ0) is 20.9. The van der Waals surface area contributed by atoms with Crippen molar-refractivity contribution in [3.05, 3.63) is 27.8 Å². The molecular formula is C21H24N2O7. The molecule has 1 aromatic carbocycles. The Morgan fingerprint density at radius 3 is 2.20 bits per heavy atom. The summed E-state index contributed by atoms with van der Waals surface area (Å²) in [6.45, 7) is 0.0946. The van der Waals surface area contributed by atoms with Crippen LogP contribution in [0.2, 0.25) is 0 Å². The lowest BCUT2D eigenvalue weighted by molar-refractivity contribution is -0.385. The third kappa shape index (κ3) is 3.46. The number of nitro groups is 1. The fraction of sp³-hybridized carbons (Fsp3) is 0.619. The van der Waals surface area contributed by atoms with E-state index in [9.17, 15) is 19.7 Å². The Morgan fingerprint density at radius 1 is 1.07 bits per heavy atom. The first-order valence-electron chi connectivity index (χ1n) is 10.5. The lowest BCUT2D eigenvalue weighted by atomic mass is 9.53. The van der Waals surface area contributed by atoms with E-state index in [1.54, 1.807) is 0 Å². The number of esters is 1. The van der Waals surface area contributed by atoms with E-state index in [4.69, 9.17) is 14.2 Å². The summed E-state index contributed by atoms with van der Waals surface area (Å²) in [5.41, 5.74) is -0.876. The summed E-state index contributed by atoms with van der Waals surface area (Å²) in [6, 6.07) is 2.40. The first kappa shape index (κ1) is 19.1. The van der Waals surface area contributed by atoms with Crippen LogP contribution < -0.4 is 14.8 Å². The van der Waals surface area contributed by atoms with Crippen LogP contribution in [0.15, 0.2) is 12.1 Å². The quantitative estimate of drug-likeness (QED) is 0.445. The number of nitrogens with zero attached hydrogens (tertiary/aromatic N) is 1. The number of benzene rings is 1. The molecule has 0 spiro atoms. The monoisotopic (exact) mass is 416 g/mol. The summed E-state index contributed by atoms with van der Waals surface area (Å²) in [4.78, 5) is 35.8. The number of amides is 1. The second-order valence-electron chi connectivity index (χ2n) is 9.09. The molecule has 0 unspecified atom stereocenters. The Kier molecular flexibility index (Phi) is 4.56. The number of nitrogens with one attached hydrogen (secondary N) is 1. The molecule has 6 rings (SSSR count). The fourth-order valence-corrected chi connectivity index (χ4v) is 6.20. The highest BCUT2D eigenvalue weighted by atomic mass is 16.6. The van der Waals surface area contributed by atoms with Crippen molar-refractivity contribution in [2.75, 3.05) is 19.8 Å². The van der Waals surface area contributed by atoms with Gasteiger partial charge in [0.1, 0.15) is 18.8 Å². The van der Waals surface area contributed by atoms with E-state index in [0.29, 0.717) is 17.8 Å². The molecule has 5 aliphatic rings. The zero-order valence-electron chi connectivity index (χ0n) is 16.6. The van der Waals surface area contributed by atoms with Gasteiger partial charge in [-0.25, -0.2) is 4.79 Å². The minimum Gasteiger partial charge on any atom is -0.486 e. The van der Waals surface area contributed by atoms with Crippen LogP contribution in [0.25, 0.3) is 0 Å². The zero-order valence-corrected chi connectivity index (χ0v) is 16.6. The van der Waals surface area contributed by atoms with Crippen LogP contribution in [-0.4, -0.2) is 42.2 Å². The molecule has 1 aromatic rings. The predicted molar refractivity (Wildman–Crippen MR) is 103 cm³/mol. The van der Waals surface area contributed by atoms with Crippen molar-refractivity contribution in [1.82, 2.24) is 5.32 Å². The van der Waals surface area contributed by atoms with E-state index in [1.807, 2.05) is 0 Å². The summed E-state index contributed by atoms with van der Waals surface area (Å²) < 4.78 is 15.9. The van der Waals surface area contributed by atoms with Crippen molar-refractivity contribution in [3.63, 3.8) is 0 Å². The van der Waals surface area contributed by atoms with Crippen LogP contribution in [0.5, 0.6) is 11.5 Å². The van der Waals surface area contributed by atoms with E-state index >= 15 is 0 Å². The molecule has 1 N–H and O–H groups in total. The molecule has 4 aliphatic carbocycles. The second-order valence-corrected chi connectivity index (χ2v) is 9.09. The van der Waals surface area contributed by atoms with Crippen LogP contribution in [0.4, 0.5) is 5.69 Å². The Hall–Kier alpha value is -2.84. The Bertz CT molecular complexity index is 878. The van der Waals surface area contributed by atoms with Gasteiger partial charge in [0.05, 0.1) is 11.0 Å². The highest BCUT2D eigenvalue weighted by molar-refractivity contribution is 5.96. The minimum atomic E-state index is -0.931. The smallest absolute Gasteiger partial charge is 0.345 e. The van der Waals surface area contributed by atoms with Crippen molar-refractivity contribution in [3.8, 4) is 11.5 Å². The molecule has 1 amide bonds. The molecular weight excluding hydrogens is 392 g/mol. The average molecular weight is 416 g/mol. The number of hydrogen-bond donors (Lipinski definition) is 1. The van der Waals surface area contributed by atoms with Gasteiger partial charge in [0, 0.05) is 11.6 Å². The molecule has 4 fully saturated rings. The van der Waals surface area contributed by atoms with Crippen molar-refractivity contribution in [2.24, 2.45) is 17.8 Å². The Morgan fingerprint density at radius 2 is 1.63 bits per heavy atom. The number of fused-ring (bicyclic) bond motifs is 1. The van der Waals surface area contributed by atoms with Gasteiger partial charge >= 0.3 is 5.97 Å². The van der Waals surface area contributed by atoms with Crippen molar-refractivity contribution < 1.29 is 28.7 Å². The van der Waals surface area contributed by atoms with E-state index in [-0.39, 0.29) is 41.7 Å². The van der Waals surface area contributed by atoms with Crippen molar-refractivity contribution in [1.29, 1.82) is 0 Å². The number of hydrogen-bond acceptors (Lipinski definition) is 7. The molecule has 30 heavy (non-hydrogen) atoms. The maximum Gasteiger partial charge on any atom is 0.345 e. The number of carbonyl (C=O) groups excluding carboxylic acids is 2. The predicted octanol–water partition coefficient (Wildman–Crippen LogP) is 2.61. The largest absolute Gasteiger partial charge is 0.486 e.